The average molecular weight is 497 g/mol. The van der Waals surface area contributed by atoms with E-state index >= 15 is 0 Å². The lowest BCUT2D eigenvalue weighted by molar-refractivity contribution is 0.302. The van der Waals surface area contributed by atoms with Crippen LogP contribution in [0.2, 0.25) is 6.04 Å². The molecule has 0 spiro atoms. The van der Waals surface area contributed by atoms with Gasteiger partial charge < -0.3 is 4.74 Å². The van der Waals surface area contributed by atoms with Gasteiger partial charge in [-0.05, 0) is 24.1 Å². The highest BCUT2D eigenvalue weighted by molar-refractivity contribution is 9.72. The summed E-state index contributed by atoms with van der Waals surface area (Å²) in [4.78, 5) is 0. The highest BCUT2D eigenvalue weighted by Crippen LogP contribution is 2.34. The fourth-order valence-electron chi connectivity index (χ4n) is 1.95. The van der Waals surface area contributed by atoms with E-state index in [-0.39, 0.29) is 5.82 Å². The average Bonchev–Trinajstić information content (AvgIpc) is 2.44. The molecule has 6 heteroatoms. The molecule has 2 aromatic rings. The van der Waals surface area contributed by atoms with Crippen LogP contribution in [-0.4, -0.2) is 10.5 Å². The third-order valence-electron chi connectivity index (χ3n) is 2.90. The minimum absolute atomic E-state index is 0.323. The minimum Gasteiger partial charge on any atom is -0.490 e. The maximum Gasteiger partial charge on any atom is 0.267 e. The largest absolute Gasteiger partial charge is 0.490 e. The molecule has 0 amide bonds. The molecule has 2 rings (SSSR count). The number of ether oxygens (including phenoxy) is 1. The third kappa shape index (κ3) is 5.51. The molecule has 0 aliphatic heterocycles. The molecule has 0 aromatic heterocycles. The summed E-state index contributed by atoms with van der Waals surface area (Å²) in [6.07, 6.45) is 0.844. The number of hydrogen-bond acceptors (Lipinski definition) is 1. The van der Waals surface area contributed by atoms with Crippen molar-refractivity contribution in [2.24, 2.45) is 0 Å². The van der Waals surface area contributed by atoms with Crippen LogP contribution in [-0.2, 0) is 0 Å². The van der Waals surface area contributed by atoms with E-state index in [1.54, 1.807) is 6.07 Å². The molecule has 1 nitrogen and oxygen atoms in total. The molecular weight excluding hydrogens is 483 g/mol. The van der Waals surface area contributed by atoms with Gasteiger partial charge in [0, 0.05) is 5.56 Å². The number of rotatable bonds is 6. The summed E-state index contributed by atoms with van der Waals surface area (Å²) in [5.41, 5.74) is 1.74. The van der Waals surface area contributed by atoms with Crippen LogP contribution in [0.1, 0.15) is 6.42 Å². The minimum atomic E-state index is -1.62. The van der Waals surface area contributed by atoms with E-state index in [0.717, 1.165) is 23.6 Å². The lowest BCUT2D eigenvalue weighted by atomic mass is 10.0. The first-order chi connectivity index (χ1) is 9.97. The molecule has 21 heavy (non-hydrogen) atoms. The summed E-state index contributed by atoms with van der Waals surface area (Å²) in [6, 6.07) is 15.7. The zero-order valence-corrected chi connectivity index (χ0v) is 16.9. The van der Waals surface area contributed by atoms with E-state index in [2.05, 4.69) is 45.9 Å². The van der Waals surface area contributed by atoms with Gasteiger partial charge in [-0.15, -0.1) is 0 Å². The predicted octanol–water partition coefficient (Wildman–Crippen LogP) is 6.39. The summed E-state index contributed by atoms with van der Waals surface area (Å²) in [7, 11) is 0. The molecule has 0 saturated heterocycles. The Labute approximate surface area is 148 Å². The van der Waals surface area contributed by atoms with Crippen molar-refractivity contribution in [1.82, 2.24) is 0 Å². The fourth-order valence-corrected chi connectivity index (χ4v) is 5.02. The van der Waals surface area contributed by atoms with Crippen molar-refractivity contribution in [1.29, 1.82) is 0 Å². The molecule has 0 saturated carbocycles. The Morgan fingerprint density at radius 1 is 0.952 bits per heavy atom. The molecule has 2 aromatic carbocycles. The van der Waals surface area contributed by atoms with Gasteiger partial charge in [-0.2, -0.15) is 0 Å². The standard InChI is InChI=1S/C15H14Br3FOSi/c16-21(17,18)11-5-10-20-15-13(8-4-9-14(15)19)12-6-2-1-3-7-12/h1-4,6-9H,5,10-11H2. The van der Waals surface area contributed by atoms with Crippen LogP contribution in [0.25, 0.3) is 11.1 Å². The number of benzene rings is 2. The van der Waals surface area contributed by atoms with Crippen molar-refractivity contribution in [3.05, 3.63) is 54.3 Å². The first-order valence-corrected chi connectivity index (χ1v) is 15.5. The summed E-state index contributed by atoms with van der Waals surface area (Å²) in [6.45, 7) is 0.484. The van der Waals surface area contributed by atoms with E-state index < -0.39 is 3.93 Å². The second kappa shape index (κ2) is 7.90. The van der Waals surface area contributed by atoms with Crippen molar-refractivity contribution in [3.63, 3.8) is 0 Å². The van der Waals surface area contributed by atoms with Crippen molar-refractivity contribution < 1.29 is 9.13 Å². The van der Waals surface area contributed by atoms with Crippen LogP contribution in [0.3, 0.4) is 0 Å². The zero-order chi connectivity index (χ0) is 15.3. The van der Waals surface area contributed by atoms with Gasteiger partial charge in [0.25, 0.3) is 3.93 Å². The Balaban J connectivity index is 2.12. The second-order valence-corrected chi connectivity index (χ2v) is 28.0. The normalized spacial score (nSPS) is 11.4. The summed E-state index contributed by atoms with van der Waals surface area (Å²) >= 11 is 10.7. The summed E-state index contributed by atoms with van der Waals surface area (Å²) in [5, 5.41) is 0. The maximum atomic E-state index is 14.1. The van der Waals surface area contributed by atoms with Gasteiger partial charge in [-0.25, -0.2) is 4.39 Å². The monoisotopic (exact) mass is 494 g/mol. The van der Waals surface area contributed by atoms with Gasteiger partial charge in [0.2, 0.25) is 0 Å². The smallest absolute Gasteiger partial charge is 0.267 e. The predicted molar refractivity (Wildman–Crippen MR) is 99.3 cm³/mol. The zero-order valence-electron chi connectivity index (χ0n) is 11.2. The molecule has 0 atom stereocenters. The van der Waals surface area contributed by atoms with Gasteiger partial charge in [0.15, 0.2) is 11.6 Å². The second-order valence-electron chi connectivity index (χ2n) is 4.55. The van der Waals surface area contributed by atoms with E-state index in [0.29, 0.717) is 12.4 Å². The molecule has 0 fully saturated rings. The highest BCUT2D eigenvalue weighted by atomic mass is 80.0. The Bertz CT molecular complexity index is 587. The van der Waals surface area contributed by atoms with Gasteiger partial charge in [0.05, 0.1) is 6.61 Å². The lowest BCUT2D eigenvalue weighted by Crippen LogP contribution is -2.09. The maximum absolute atomic E-state index is 14.1. The van der Waals surface area contributed by atoms with Gasteiger partial charge in [0.1, 0.15) is 0 Å². The molecule has 0 aliphatic carbocycles. The molecule has 112 valence electrons. The molecule has 0 heterocycles. The SMILES string of the molecule is Fc1cccc(-c2ccccc2)c1OCCC[Si](Br)(Br)Br. The molecule has 0 bridgehead atoms. The summed E-state index contributed by atoms with van der Waals surface area (Å²) in [5.74, 6) is 0.00562. The van der Waals surface area contributed by atoms with Gasteiger partial charge >= 0.3 is 0 Å². The van der Waals surface area contributed by atoms with Crippen LogP contribution in [0.15, 0.2) is 48.5 Å². The van der Waals surface area contributed by atoms with E-state index in [1.165, 1.54) is 6.07 Å². The third-order valence-corrected chi connectivity index (χ3v) is 7.39. The first-order valence-electron chi connectivity index (χ1n) is 6.51. The van der Waals surface area contributed by atoms with Crippen molar-refractivity contribution in [3.8, 4) is 16.9 Å². The Hall–Kier alpha value is -0.173. The Morgan fingerprint density at radius 3 is 2.33 bits per heavy atom. The fraction of sp³-hybridized carbons (Fsp3) is 0.200. The van der Waals surface area contributed by atoms with Crippen molar-refractivity contribution in [2.45, 2.75) is 12.5 Å². The highest BCUT2D eigenvalue weighted by Gasteiger charge is 2.21. The molecule has 0 radical (unpaired) electrons. The number of hydrogen-bond donors (Lipinski definition) is 0. The Kier molecular flexibility index (Phi) is 6.46. The Morgan fingerprint density at radius 2 is 1.67 bits per heavy atom. The lowest BCUT2D eigenvalue weighted by Gasteiger charge is -2.14. The first kappa shape index (κ1) is 17.2. The van der Waals surface area contributed by atoms with Crippen LogP contribution in [0, 0.1) is 5.82 Å². The van der Waals surface area contributed by atoms with E-state index in [9.17, 15) is 4.39 Å². The van der Waals surface area contributed by atoms with E-state index in [1.807, 2.05) is 36.4 Å². The van der Waals surface area contributed by atoms with Crippen LogP contribution in [0.5, 0.6) is 5.75 Å². The van der Waals surface area contributed by atoms with Gasteiger partial charge in [-0.3, -0.25) is 0 Å². The topological polar surface area (TPSA) is 9.23 Å². The van der Waals surface area contributed by atoms with Gasteiger partial charge in [-0.1, -0.05) is 88.3 Å². The molecule has 0 N–H and O–H groups in total. The van der Waals surface area contributed by atoms with Crippen LogP contribution in [0.4, 0.5) is 4.39 Å². The molecule has 0 unspecified atom stereocenters. The number of halogens is 4. The van der Waals surface area contributed by atoms with E-state index in [4.69, 9.17) is 4.74 Å². The number of para-hydroxylation sites is 1. The molecular formula is C15H14Br3FOSi. The quantitative estimate of drug-likeness (QED) is 0.256. The summed E-state index contributed by atoms with van der Waals surface area (Å²) < 4.78 is 18.1. The van der Waals surface area contributed by atoms with Crippen molar-refractivity contribution >= 4 is 49.8 Å². The van der Waals surface area contributed by atoms with Crippen molar-refractivity contribution in [2.75, 3.05) is 6.61 Å². The van der Waals surface area contributed by atoms with Crippen LogP contribution >= 0.6 is 45.9 Å². The van der Waals surface area contributed by atoms with Crippen LogP contribution < -0.4 is 4.74 Å². The molecule has 0 aliphatic rings.